The Bertz CT molecular complexity index is 2700. The van der Waals surface area contributed by atoms with E-state index in [1.165, 1.54) is 5.56 Å². The number of carbonyl (C=O) groups is 3. The Morgan fingerprint density at radius 3 is 2.15 bits per heavy atom. The van der Waals surface area contributed by atoms with Crippen molar-refractivity contribution in [3.8, 4) is 17.2 Å². The van der Waals surface area contributed by atoms with Crippen molar-refractivity contribution in [1.29, 1.82) is 0 Å². The first-order valence-electron chi connectivity index (χ1n) is 24.3. The Hall–Kier alpha value is -6.50. The van der Waals surface area contributed by atoms with Gasteiger partial charge in [-0.3, -0.25) is 24.3 Å². The van der Waals surface area contributed by atoms with Gasteiger partial charge in [-0.15, -0.1) is 0 Å². The van der Waals surface area contributed by atoms with Crippen LogP contribution in [0.5, 0.6) is 17.2 Å². The summed E-state index contributed by atoms with van der Waals surface area (Å²) in [4.78, 5) is 51.6. The molecule has 5 aromatic rings. The standard InChI is InChI=1S/C56H62N4O8/c1-5-21-65-23-24-66-22-20-58(19-11-14-46(61)6-2)44-27-38(35-67-52-31-40-17-18-43-29-41-12-7-9-15-50(41)59(43)55(62)47(40)25-37(52)3)26-39(28-44)36-68-54-33-49-48(32-53(54)64-4)56(63)60-45(34-57-49)30-42-13-8-10-16-51(42)60/h7-10,12-13,15-16,25-28,31-34,43,45H,5-6,11,14,17-24,29-30,35-36H2,1-4H3/t43-,45+/m1/s1. The summed E-state index contributed by atoms with van der Waals surface area (Å²) in [6.07, 6.45) is 7.75. The van der Waals surface area contributed by atoms with Gasteiger partial charge < -0.3 is 33.5 Å². The highest BCUT2D eigenvalue weighted by atomic mass is 16.5. The Labute approximate surface area is 399 Å². The van der Waals surface area contributed by atoms with E-state index in [2.05, 4.69) is 54.3 Å². The molecule has 0 fully saturated rings. The SMILES string of the molecule is CCCOCCOCCN(CCCC(=O)CC)c1cc(COc2cc3c(cc2C)C(=O)N2c4ccccc4C[C@H]2CC3)cc(COc2cc3c(cc2OC)C(=O)N2c4ccccc4C[C@H]2C=N3)c1. The predicted molar refractivity (Wildman–Crippen MR) is 266 cm³/mol. The van der Waals surface area contributed by atoms with Gasteiger partial charge in [-0.2, -0.15) is 0 Å². The van der Waals surface area contributed by atoms with Crippen LogP contribution in [-0.2, 0) is 46.7 Å². The summed E-state index contributed by atoms with van der Waals surface area (Å²) in [6, 6.07) is 30.1. The molecule has 4 aliphatic heterocycles. The molecule has 12 heteroatoms. The molecule has 0 saturated heterocycles. The maximum absolute atomic E-state index is 14.1. The largest absolute Gasteiger partial charge is 0.493 e. The van der Waals surface area contributed by atoms with Crippen LogP contribution in [0.2, 0.25) is 0 Å². The van der Waals surface area contributed by atoms with Crippen LogP contribution in [0.15, 0.2) is 96.0 Å². The van der Waals surface area contributed by atoms with Crippen LogP contribution in [0.1, 0.15) is 100 Å². The van der Waals surface area contributed by atoms with E-state index in [0.717, 1.165) is 81.9 Å². The normalized spacial score (nSPS) is 16.5. The highest BCUT2D eigenvalue weighted by Gasteiger charge is 2.38. The molecule has 4 aliphatic rings. The van der Waals surface area contributed by atoms with Crippen LogP contribution in [0, 0.1) is 6.92 Å². The van der Waals surface area contributed by atoms with Crippen molar-refractivity contribution in [3.63, 3.8) is 0 Å². The number of ether oxygens (including phenoxy) is 5. The Kier molecular flexibility index (Phi) is 14.5. The predicted octanol–water partition coefficient (Wildman–Crippen LogP) is 9.98. The summed E-state index contributed by atoms with van der Waals surface area (Å²) in [5.74, 6) is 1.80. The number of fused-ring (bicyclic) bond motifs is 8. The van der Waals surface area contributed by atoms with Gasteiger partial charge in [-0.25, -0.2) is 0 Å². The minimum Gasteiger partial charge on any atom is -0.493 e. The quantitative estimate of drug-likeness (QED) is 0.0663. The molecule has 0 N–H and O–H groups in total. The minimum atomic E-state index is -0.179. The molecule has 12 nitrogen and oxygen atoms in total. The zero-order chi connectivity index (χ0) is 47.1. The number of benzene rings is 5. The molecule has 0 spiro atoms. The van der Waals surface area contributed by atoms with E-state index in [-0.39, 0.29) is 42.9 Å². The first kappa shape index (κ1) is 46.6. The number of hydrogen-bond donors (Lipinski definition) is 0. The van der Waals surface area contributed by atoms with Crippen LogP contribution >= 0.6 is 0 Å². The van der Waals surface area contributed by atoms with Gasteiger partial charge in [-0.05, 0) is 121 Å². The van der Waals surface area contributed by atoms with Crippen molar-refractivity contribution in [1.82, 2.24) is 0 Å². The van der Waals surface area contributed by atoms with E-state index >= 15 is 0 Å². The van der Waals surface area contributed by atoms with Crippen LogP contribution in [0.25, 0.3) is 0 Å². The average molecular weight is 919 g/mol. The summed E-state index contributed by atoms with van der Waals surface area (Å²) < 4.78 is 30.8. The first-order chi connectivity index (χ1) is 33.2. The molecule has 68 heavy (non-hydrogen) atoms. The van der Waals surface area contributed by atoms with Crippen molar-refractivity contribution in [2.45, 2.75) is 97.4 Å². The second-order valence-electron chi connectivity index (χ2n) is 18.1. The summed E-state index contributed by atoms with van der Waals surface area (Å²) in [5, 5.41) is 0. The lowest BCUT2D eigenvalue weighted by Crippen LogP contribution is -2.37. The fourth-order valence-electron chi connectivity index (χ4n) is 9.97. The Balaban J connectivity index is 0.982. The smallest absolute Gasteiger partial charge is 0.261 e. The van der Waals surface area contributed by atoms with E-state index in [1.54, 1.807) is 19.2 Å². The molecule has 5 aromatic carbocycles. The van der Waals surface area contributed by atoms with Crippen LogP contribution in [0.4, 0.5) is 22.7 Å². The van der Waals surface area contributed by atoms with Gasteiger partial charge in [0.15, 0.2) is 11.5 Å². The number of nitrogens with zero attached hydrogens (tertiary/aromatic N) is 4. The number of aryl methyl sites for hydroxylation is 2. The number of carbonyl (C=O) groups excluding carboxylic acids is 3. The monoisotopic (exact) mass is 918 g/mol. The van der Waals surface area contributed by atoms with Crippen molar-refractivity contribution in [3.05, 3.63) is 136 Å². The van der Waals surface area contributed by atoms with Gasteiger partial charge in [0.1, 0.15) is 24.7 Å². The van der Waals surface area contributed by atoms with E-state index in [4.69, 9.17) is 28.7 Å². The summed E-state index contributed by atoms with van der Waals surface area (Å²) >= 11 is 0. The lowest BCUT2D eigenvalue weighted by molar-refractivity contribution is -0.118. The Morgan fingerprint density at radius 2 is 1.41 bits per heavy atom. The second kappa shape index (κ2) is 21.2. The van der Waals surface area contributed by atoms with Gasteiger partial charge in [0, 0.05) is 79.9 Å². The van der Waals surface area contributed by atoms with Gasteiger partial charge in [-0.1, -0.05) is 50.2 Å². The number of amides is 2. The van der Waals surface area contributed by atoms with Gasteiger partial charge in [0.05, 0.1) is 44.2 Å². The second-order valence-corrected chi connectivity index (χ2v) is 18.1. The van der Waals surface area contributed by atoms with Crippen molar-refractivity contribution < 1.29 is 38.1 Å². The third kappa shape index (κ3) is 10.0. The molecule has 9 rings (SSSR count). The maximum atomic E-state index is 14.1. The molecule has 4 heterocycles. The molecule has 0 unspecified atom stereocenters. The molecule has 354 valence electrons. The number of rotatable bonds is 21. The molecule has 0 aromatic heterocycles. The zero-order valence-corrected chi connectivity index (χ0v) is 39.8. The van der Waals surface area contributed by atoms with Crippen LogP contribution < -0.4 is 28.9 Å². The first-order valence-corrected chi connectivity index (χ1v) is 24.3. The Morgan fingerprint density at radius 1 is 0.721 bits per heavy atom. The molecule has 0 saturated carbocycles. The topological polar surface area (TPSA) is 119 Å². The molecule has 2 amide bonds. The number of aliphatic imine (C=N–C) groups is 1. The number of hydrogen-bond acceptors (Lipinski definition) is 10. The van der Waals surface area contributed by atoms with Crippen LogP contribution in [-0.4, -0.2) is 82.5 Å². The zero-order valence-electron chi connectivity index (χ0n) is 39.8. The molecule has 2 atom stereocenters. The highest BCUT2D eigenvalue weighted by molar-refractivity contribution is 6.15. The van der Waals surface area contributed by atoms with E-state index in [9.17, 15) is 14.4 Å². The number of Topliss-reactive ketones (excluding diaryl/α,β-unsaturated/α-hetero) is 1. The number of anilines is 3. The fourth-order valence-corrected chi connectivity index (χ4v) is 9.97. The van der Waals surface area contributed by atoms with Crippen molar-refractivity contribution >= 4 is 46.6 Å². The average Bonchev–Trinajstić information content (AvgIpc) is 3.85. The molecule has 0 aliphatic carbocycles. The number of ketones is 1. The molecular formula is C56H62N4O8. The van der Waals surface area contributed by atoms with E-state index in [1.807, 2.05) is 66.3 Å². The lowest BCUT2D eigenvalue weighted by atomic mass is 9.98. The van der Waals surface area contributed by atoms with Crippen LogP contribution in [0.3, 0.4) is 0 Å². The van der Waals surface area contributed by atoms with E-state index in [0.29, 0.717) is 88.0 Å². The van der Waals surface area contributed by atoms with Crippen molar-refractivity contribution in [2.75, 3.05) is 61.3 Å². The minimum absolute atomic E-state index is 0.0493. The van der Waals surface area contributed by atoms with Crippen molar-refractivity contribution in [2.24, 2.45) is 4.99 Å². The maximum Gasteiger partial charge on any atom is 0.261 e. The fraction of sp³-hybridized carbons (Fsp3) is 0.393. The summed E-state index contributed by atoms with van der Waals surface area (Å²) in [7, 11) is 1.57. The summed E-state index contributed by atoms with van der Waals surface area (Å²) in [5.41, 5.74) is 10.6. The lowest BCUT2D eigenvalue weighted by Gasteiger charge is -2.26. The number of para-hydroxylation sites is 2. The van der Waals surface area contributed by atoms with Gasteiger partial charge in [0.2, 0.25) is 0 Å². The third-order valence-corrected chi connectivity index (χ3v) is 13.5. The molecule has 0 bridgehead atoms. The van der Waals surface area contributed by atoms with Gasteiger partial charge in [0.25, 0.3) is 11.8 Å². The number of methoxy groups -OCH3 is 1. The molecule has 0 radical (unpaired) electrons. The highest BCUT2D eigenvalue weighted by Crippen LogP contribution is 2.42. The van der Waals surface area contributed by atoms with E-state index < -0.39 is 0 Å². The third-order valence-electron chi connectivity index (χ3n) is 13.5. The molecular weight excluding hydrogens is 857 g/mol. The van der Waals surface area contributed by atoms with Gasteiger partial charge >= 0.3 is 0 Å². The summed E-state index contributed by atoms with van der Waals surface area (Å²) in [6.45, 7) is 9.92.